The molecule has 0 unspecified atom stereocenters. The fraction of sp³-hybridized carbons (Fsp3) is 0.208. The predicted octanol–water partition coefficient (Wildman–Crippen LogP) is 4.13. The largest absolute Gasteiger partial charge is 0.326 e. The number of aryl methyl sites for hydroxylation is 2. The molecule has 0 saturated carbocycles. The Kier molecular flexibility index (Phi) is 6.01. The van der Waals surface area contributed by atoms with Gasteiger partial charge in [-0.15, -0.1) is 0 Å². The van der Waals surface area contributed by atoms with E-state index in [9.17, 15) is 14.4 Å². The Morgan fingerprint density at radius 1 is 1.00 bits per heavy atom. The van der Waals surface area contributed by atoms with Gasteiger partial charge in [-0.1, -0.05) is 17.7 Å². The molecular weight excluding hydrogens is 428 g/mol. The van der Waals surface area contributed by atoms with Crippen LogP contribution in [0.5, 0.6) is 0 Å². The van der Waals surface area contributed by atoms with E-state index < -0.39 is 5.92 Å². The lowest BCUT2D eigenvalue weighted by Crippen LogP contribution is -2.28. The molecule has 1 aliphatic rings. The van der Waals surface area contributed by atoms with Gasteiger partial charge in [0.2, 0.25) is 11.8 Å². The second-order valence-electron chi connectivity index (χ2n) is 7.84. The third-order valence-electron chi connectivity index (χ3n) is 5.51. The van der Waals surface area contributed by atoms with Gasteiger partial charge in [-0.25, -0.2) is 0 Å². The number of anilines is 2. The topological polar surface area (TPSA) is 83.4 Å². The number of nitrogens with one attached hydrogen (secondary N) is 2. The minimum atomic E-state index is -0.468. The molecule has 3 amide bonds. The lowest BCUT2D eigenvalue weighted by atomic mass is 10.1. The molecule has 1 atom stereocenters. The van der Waals surface area contributed by atoms with Gasteiger partial charge in [-0.2, -0.15) is 0 Å². The number of nitrogens with zero attached hydrogens (tertiary/aromatic N) is 2. The number of halogens is 1. The van der Waals surface area contributed by atoms with Crippen molar-refractivity contribution in [3.63, 3.8) is 0 Å². The summed E-state index contributed by atoms with van der Waals surface area (Å²) in [5, 5.41) is 3.37. The van der Waals surface area contributed by atoms with Gasteiger partial charge in [0, 0.05) is 46.3 Å². The van der Waals surface area contributed by atoms with Gasteiger partial charge < -0.3 is 10.2 Å². The fourth-order valence-electron chi connectivity index (χ4n) is 3.74. The molecule has 32 heavy (non-hydrogen) atoms. The van der Waals surface area contributed by atoms with Gasteiger partial charge in [-0.05, 0) is 68.4 Å². The Balaban J connectivity index is 1.38. The maximum Gasteiger partial charge on any atom is 0.270 e. The molecular formula is C24H23ClN4O3. The van der Waals surface area contributed by atoms with E-state index in [1.807, 2.05) is 26.0 Å². The minimum Gasteiger partial charge on any atom is -0.326 e. The summed E-state index contributed by atoms with van der Waals surface area (Å²) in [6.45, 7) is 4.11. The molecule has 7 nitrogen and oxygen atoms in total. The van der Waals surface area contributed by atoms with Crippen LogP contribution in [0.1, 0.15) is 28.2 Å². The van der Waals surface area contributed by atoms with E-state index in [-0.39, 0.29) is 24.1 Å². The molecule has 2 heterocycles. The summed E-state index contributed by atoms with van der Waals surface area (Å²) < 4.78 is 1.72. The van der Waals surface area contributed by atoms with E-state index in [2.05, 4.69) is 10.7 Å². The Morgan fingerprint density at radius 3 is 2.34 bits per heavy atom. The average Bonchev–Trinajstić information content (AvgIpc) is 3.31. The summed E-state index contributed by atoms with van der Waals surface area (Å²) in [5.41, 5.74) is 6.42. The predicted molar refractivity (Wildman–Crippen MR) is 125 cm³/mol. The Bertz CT molecular complexity index is 1170. The first-order chi connectivity index (χ1) is 15.3. The van der Waals surface area contributed by atoms with Crippen LogP contribution in [-0.4, -0.2) is 28.9 Å². The van der Waals surface area contributed by atoms with Gasteiger partial charge in [0.25, 0.3) is 5.91 Å². The number of benzene rings is 2. The summed E-state index contributed by atoms with van der Waals surface area (Å²) in [4.78, 5) is 39.2. The number of aromatic nitrogens is 1. The average molecular weight is 451 g/mol. The molecule has 0 bridgehead atoms. The molecule has 1 saturated heterocycles. The lowest BCUT2D eigenvalue weighted by molar-refractivity contribution is -0.122. The zero-order valence-corrected chi connectivity index (χ0v) is 18.5. The smallest absolute Gasteiger partial charge is 0.270 e. The maximum atomic E-state index is 12.7. The molecule has 164 valence electrons. The van der Waals surface area contributed by atoms with E-state index in [0.29, 0.717) is 28.5 Å². The molecule has 8 heteroatoms. The van der Waals surface area contributed by atoms with Crippen molar-refractivity contribution in [2.24, 2.45) is 5.92 Å². The van der Waals surface area contributed by atoms with Crippen molar-refractivity contribution in [1.29, 1.82) is 0 Å². The second-order valence-corrected chi connectivity index (χ2v) is 8.28. The van der Waals surface area contributed by atoms with Gasteiger partial charge >= 0.3 is 0 Å². The molecule has 1 aliphatic heterocycles. The summed E-state index contributed by atoms with van der Waals surface area (Å²) >= 11 is 6.02. The van der Waals surface area contributed by atoms with Crippen molar-refractivity contribution in [1.82, 2.24) is 4.68 Å². The third kappa shape index (κ3) is 4.53. The van der Waals surface area contributed by atoms with E-state index in [4.69, 9.17) is 11.6 Å². The molecule has 3 aromatic rings. The van der Waals surface area contributed by atoms with Gasteiger partial charge in [0.15, 0.2) is 0 Å². The van der Waals surface area contributed by atoms with E-state index in [1.54, 1.807) is 58.1 Å². The van der Waals surface area contributed by atoms with Crippen LogP contribution in [0.2, 0.25) is 5.02 Å². The number of carbonyl (C=O) groups is 3. The zero-order valence-electron chi connectivity index (χ0n) is 17.8. The monoisotopic (exact) mass is 450 g/mol. The van der Waals surface area contributed by atoms with E-state index in [0.717, 1.165) is 11.4 Å². The number of rotatable bonds is 5. The molecule has 4 rings (SSSR count). The van der Waals surface area contributed by atoms with Crippen LogP contribution < -0.4 is 15.6 Å². The second kappa shape index (κ2) is 8.88. The van der Waals surface area contributed by atoms with Crippen LogP contribution in [0.3, 0.4) is 0 Å². The first-order valence-electron chi connectivity index (χ1n) is 10.2. The standard InChI is InChI=1S/C24H23ClN4O3/c1-15-6-7-16(2)29(15)27-24(32)17-8-10-20(11-9-17)26-23(31)18-12-22(30)28(14-18)21-5-3-4-19(25)13-21/h3-11,13,18H,12,14H2,1-2H3,(H,26,31)(H,27,32)/t18-/m1/s1. The summed E-state index contributed by atoms with van der Waals surface area (Å²) in [5.74, 6) is -1.07. The highest BCUT2D eigenvalue weighted by Crippen LogP contribution is 2.28. The Hall–Kier alpha value is -3.58. The van der Waals surface area contributed by atoms with Crippen LogP contribution in [0, 0.1) is 19.8 Å². The Labute approximate surface area is 190 Å². The van der Waals surface area contributed by atoms with Crippen molar-refractivity contribution in [2.45, 2.75) is 20.3 Å². The van der Waals surface area contributed by atoms with Crippen LogP contribution in [0.15, 0.2) is 60.7 Å². The quantitative estimate of drug-likeness (QED) is 0.613. The summed E-state index contributed by atoms with van der Waals surface area (Å²) in [6, 6.07) is 17.5. The SMILES string of the molecule is Cc1ccc(C)n1NC(=O)c1ccc(NC(=O)[C@@H]2CC(=O)N(c3cccc(Cl)c3)C2)cc1. The molecule has 0 radical (unpaired) electrons. The number of hydrogen-bond donors (Lipinski definition) is 2. The van der Waals surface area contributed by atoms with Crippen molar-refractivity contribution in [3.05, 3.63) is 82.6 Å². The maximum absolute atomic E-state index is 12.7. The highest BCUT2D eigenvalue weighted by atomic mass is 35.5. The van der Waals surface area contributed by atoms with E-state index >= 15 is 0 Å². The summed E-state index contributed by atoms with van der Waals surface area (Å²) in [7, 11) is 0. The lowest BCUT2D eigenvalue weighted by Gasteiger charge is -2.17. The minimum absolute atomic E-state index is 0.116. The molecule has 1 fully saturated rings. The molecule has 1 aromatic heterocycles. The molecule has 2 N–H and O–H groups in total. The first kappa shape index (κ1) is 21.6. The van der Waals surface area contributed by atoms with Crippen LogP contribution >= 0.6 is 11.6 Å². The third-order valence-corrected chi connectivity index (χ3v) is 5.75. The summed E-state index contributed by atoms with van der Waals surface area (Å²) in [6.07, 6.45) is 0.133. The molecule has 0 spiro atoms. The van der Waals surface area contributed by atoms with Gasteiger partial charge in [0.05, 0.1) is 5.92 Å². The van der Waals surface area contributed by atoms with Crippen LogP contribution in [-0.2, 0) is 9.59 Å². The highest BCUT2D eigenvalue weighted by Gasteiger charge is 2.35. The van der Waals surface area contributed by atoms with Crippen LogP contribution in [0.4, 0.5) is 11.4 Å². The first-order valence-corrected chi connectivity index (χ1v) is 10.6. The van der Waals surface area contributed by atoms with Crippen molar-refractivity contribution in [3.8, 4) is 0 Å². The highest BCUT2D eigenvalue weighted by molar-refractivity contribution is 6.31. The number of amides is 3. The Morgan fingerprint density at radius 2 is 1.69 bits per heavy atom. The normalized spacial score (nSPS) is 15.7. The fourth-order valence-corrected chi connectivity index (χ4v) is 3.92. The van der Waals surface area contributed by atoms with Gasteiger partial charge in [0.1, 0.15) is 0 Å². The van der Waals surface area contributed by atoms with Gasteiger partial charge in [-0.3, -0.25) is 24.5 Å². The molecule has 2 aromatic carbocycles. The zero-order chi connectivity index (χ0) is 22.8. The molecule has 0 aliphatic carbocycles. The number of carbonyl (C=O) groups excluding carboxylic acids is 3. The van der Waals surface area contributed by atoms with E-state index in [1.165, 1.54) is 0 Å². The number of hydrogen-bond acceptors (Lipinski definition) is 3. The van der Waals surface area contributed by atoms with Crippen LogP contribution in [0.25, 0.3) is 0 Å². The van der Waals surface area contributed by atoms with Crippen molar-refractivity contribution >= 4 is 40.7 Å². The van der Waals surface area contributed by atoms with Crippen molar-refractivity contribution < 1.29 is 14.4 Å². The van der Waals surface area contributed by atoms with Crippen molar-refractivity contribution in [2.75, 3.05) is 22.2 Å².